The first-order valence-electron chi connectivity index (χ1n) is 6.00. The Hall–Kier alpha value is -1.06. The quantitative estimate of drug-likeness (QED) is 0.646. The van der Waals surface area contributed by atoms with E-state index in [2.05, 4.69) is 0 Å². The summed E-state index contributed by atoms with van der Waals surface area (Å²) in [6.45, 7) is 3.96. The maximum Gasteiger partial charge on any atom is 0.306 e. The Balaban J connectivity index is 0.000000160. The van der Waals surface area contributed by atoms with Crippen LogP contribution >= 0.6 is 0 Å². The highest BCUT2D eigenvalue weighted by atomic mass is 16.6. The summed E-state index contributed by atoms with van der Waals surface area (Å²) in [6.07, 6.45) is 5.55. The van der Waals surface area contributed by atoms with Gasteiger partial charge in [0.15, 0.2) is 0 Å². The average molecular weight is 228 g/mol. The van der Waals surface area contributed by atoms with Gasteiger partial charge >= 0.3 is 11.9 Å². The van der Waals surface area contributed by atoms with Gasteiger partial charge < -0.3 is 9.47 Å². The molecule has 2 atom stereocenters. The predicted molar refractivity (Wildman–Crippen MR) is 58.8 cm³/mol. The number of carbonyl (C=O) groups is 2. The summed E-state index contributed by atoms with van der Waals surface area (Å²) in [5, 5.41) is 0. The molecule has 2 rings (SSSR count). The topological polar surface area (TPSA) is 52.6 Å². The van der Waals surface area contributed by atoms with E-state index in [0.717, 1.165) is 25.7 Å². The first-order chi connectivity index (χ1) is 7.61. The molecular weight excluding hydrogens is 208 g/mol. The number of ether oxygens (including phenoxy) is 2. The van der Waals surface area contributed by atoms with Crippen molar-refractivity contribution in [3.63, 3.8) is 0 Å². The first-order valence-corrected chi connectivity index (χ1v) is 6.00. The van der Waals surface area contributed by atoms with Crippen molar-refractivity contribution < 1.29 is 19.1 Å². The second-order valence-electron chi connectivity index (χ2n) is 4.25. The van der Waals surface area contributed by atoms with E-state index in [1.54, 1.807) is 0 Å². The molecule has 0 aliphatic carbocycles. The Morgan fingerprint density at radius 1 is 1.12 bits per heavy atom. The molecule has 0 aromatic heterocycles. The molecule has 2 aliphatic heterocycles. The number of hydrogen-bond acceptors (Lipinski definition) is 4. The van der Waals surface area contributed by atoms with Gasteiger partial charge in [0, 0.05) is 12.8 Å². The van der Waals surface area contributed by atoms with Crippen LogP contribution in [0.1, 0.15) is 52.4 Å². The lowest BCUT2D eigenvalue weighted by molar-refractivity contribution is -0.152. The van der Waals surface area contributed by atoms with Crippen molar-refractivity contribution in [2.45, 2.75) is 64.6 Å². The maximum absolute atomic E-state index is 10.5. The van der Waals surface area contributed by atoms with Crippen molar-refractivity contribution >= 4 is 11.9 Å². The molecule has 0 N–H and O–H groups in total. The zero-order chi connectivity index (χ0) is 12.0. The molecule has 0 bridgehead atoms. The van der Waals surface area contributed by atoms with E-state index in [4.69, 9.17) is 9.47 Å². The van der Waals surface area contributed by atoms with E-state index in [9.17, 15) is 9.59 Å². The fraction of sp³-hybridized carbons (Fsp3) is 0.833. The Morgan fingerprint density at radius 2 is 1.81 bits per heavy atom. The molecule has 4 heteroatoms. The van der Waals surface area contributed by atoms with Crippen LogP contribution in [0, 0.1) is 0 Å². The van der Waals surface area contributed by atoms with Gasteiger partial charge in [-0.2, -0.15) is 0 Å². The van der Waals surface area contributed by atoms with Crippen molar-refractivity contribution in [1.29, 1.82) is 0 Å². The van der Waals surface area contributed by atoms with Gasteiger partial charge in [0.2, 0.25) is 0 Å². The largest absolute Gasteiger partial charge is 0.463 e. The van der Waals surface area contributed by atoms with Crippen LogP contribution in [0.3, 0.4) is 0 Å². The van der Waals surface area contributed by atoms with E-state index in [1.807, 2.05) is 13.8 Å². The third kappa shape index (κ3) is 4.64. The first kappa shape index (κ1) is 13.0. The van der Waals surface area contributed by atoms with Crippen molar-refractivity contribution in [3.05, 3.63) is 0 Å². The van der Waals surface area contributed by atoms with Gasteiger partial charge in [0.05, 0.1) is 6.10 Å². The van der Waals surface area contributed by atoms with Crippen molar-refractivity contribution in [3.8, 4) is 0 Å². The molecular formula is C12H20O4. The minimum Gasteiger partial charge on any atom is -0.463 e. The van der Waals surface area contributed by atoms with Crippen LogP contribution < -0.4 is 0 Å². The standard InChI is InChI=1S/2C6H10O2/c1-5-3-2-4-6(7)8-5;1-2-5-3-4-6(7)8-5/h2*5H,2-4H2,1H3. The number of esters is 2. The van der Waals surface area contributed by atoms with E-state index in [1.165, 1.54) is 0 Å². The van der Waals surface area contributed by atoms with Crippen LogP contribution in [0.2, 0.25) is 0 Å². The Morgan fingerprint density at radius 3 is 2.12 bits per heavy atom. The van der Waals surface area contributed by atoms with Crippen LogP contribution in [0.5, 0.6) is 0 Å². The number of rotatable bonds is 1. The highest BCUT2D eigenvalue weighted by molar-refractivity contribution is 5.71. The lowest BCUT2D eigenvalue weighted by Crippen LogP contribution is -2.19. The van der Waals surface area contributed by atoms with Gasteiger partial charge in [-0.1, -0.05) is 6.92 Å². The van der Waals surface area contributed by atoms with Crippen molar-refractivity contribution in [2.75, 3.05) is 0 Å². The van der Waals surface area contributed by atoms with E-state index >= 15 is 0 Å². The van der Waals surface area contributed by atoms with Gasteiger partial charge in [0.25, 0.3) is 0 Å². The van der Waals surface area contributed by atoms with Crippen LogP contribution in [-0.4, -0.2) is 24.1 Å². The average Bonchev–Trinajstić information content (AvgIpc) is 2.65. The number of cyclic esters (lactones) is 2. The third-order valence-electron chi connectivity index (χ3n) is 2.75. The monoisotopic (exact) mass is 228 g/mol. The minimum absolute atomic E-state index is 0.0307. The van der Waals surface area contributed by atoms with Gasteiger partial charge in [-0.15, -0.1) is 0 Å². The second kappa shape index (κ2) is 6.51. The highest BCUT2D eigenvalue weighted by Crippen LogP contribution is 2.15. The number of hydrogen-bond donors (Lipinski definition) is 0. The van der Waals surface area contributed by atoms with Crippen LogP contribution in [0.4, 0.5) is 0 Å². The fourth-order valence-electron chi connectivity index (χ4n) is 1.75. The molecule has 2 aliphatic rings. The Kier molecular flexibility index (Phi) is 5.29. The molecule has 2 unspecified atom stereocenters. The molecule has 2 saturated heterocycles. The van der Waals surface area contributed by atoms with Crippen LogP contribution in [0.15, 0.2) is 0 Å². The summed E-state index contributed by atoms with van der Waals surface area (Å²) in [5.74, 6) is -0.0689. The summed E-state index contributed by atoms with van der Waals surface area (Å²) < 4.78 is 9.72. The lowest BCUT2D eigenvalue weighted by atomic mass is 10.1. The molecule has 16 heavy (non-hydrogen) atoms. The SMILES string of the molecule is CC1CCCC(=O)O1.CCC1CCC(=O)O1. The molecule has 92 valence electrons. The second-order valence-corrected chi connectivity index (χ2v) is 4.25. The summed E-state index contributed by atoms with van der Waals surface area (Å²) in [5.41, 5.74) is 0. The maximum atomic E-state index is 10.5. The van der Waals surface area contributed by atoms with Crippen molar-refractivity contribution in [1.82, 2.24) is 0 Å². The van der Waals surface area contributed by atoms with Crippen molar-refractivity contribution in [2.24, 2.45) is 0 Å². The molecule has 4 nitrogen and oxygen atoms in total. The summed E-state index contributed by atoms with van der Waals surface area (Å²) in [6, 6.07) is 0. The van der Waals surface area contributed by atoms with Crippen LogP contribution in [0.25, 0.3) is 0 Å². The molecule has 0 spiro atoms. The molecule has 0 saturated carbocycles. The summed E-state index contributed by atoms with van der Waals surface area (Å²) >= 11 is 0. The minimum atomic E-state index is -0.0382. The Labute approximate surface area is 96.3 Å². The number of carbonyl (C=O) groups excluding carboxylic acids is 2. The third-order valence-corrected chi connectivity index (χ3v) is 2.75. The van der Waals surface area contributed by atoms with E-state index in [-0.39, 0.29) is 24.1 Å². The van der Waals surface area contributed by atoms with Crippen LogP contribution in [-0.2, 0) is 19.1 Å². The zero-order valence-corrected chi connectivity index (χ0v) is 10.0. The van der Waals surface area contributed by atoms with E-state index < -0.39 is 0 Å². The fourth-order valence-corrected chi connectivity index (χ4v) is 1.75. The molecule has 2 fully saturated rings. The Bertz CT molecular complexity index is 249. The lowest BCUT2D eigenvalue weighted by Gasteiger charge is -2.17. The molecule has 2 heterocycles. The summed E-state index contributed by atoms with van der Waals surface area (Å²) in [7, 11) is 0. The molecule has 0 amide bonds. The normalized spacial score (nSPS) is 28.9. The smallest absolute Gasteiger partial charge is 0.306 e. The summed E-state index contributed by atoms with van der Waals surface area (Å²) in [4.78, 5) is 20.8. The van der Waals surface area contributed by atoms with Gasteiger partial charge in [-0.05, 0) is 32.6 Å². The predicted octanol–water partition coefficient (Wildman–Crippen LogP) is 2.20. The molecule has 0 aromatic rings. The molecule has 0 radical (unpaired) electrons. The van der Waals surface area contributed by atoms with Gasteiger partial charge in [0.1, 0.15) is 6.10 Å². The zero-order valence-electron chi connectivity index (χ0n) is 10.0. The van der Waals surface area contributed by atoms with E-state index in [0.29, 0.717) is 12.8 Å². The van der Waals surface area contributed by atoms with Gasteiger partial charge in [-0.3, -0.25) is 9.59 Å². The molecule has 0 aromatic carbocycles. The van der Waals surface area contributed by atoms with Gasteiger partial charge in [-0.25, -0.2) is 0 Å². The highest BCUT2D eigenvalue weighted by Gasteiger charge is 2.20.